The van der Waals surface area contributed by atoms with Gasteiger partial charge in [-0.2, -0.15) is 0 Å². The Hall–Kier alpha value is -1.82. The van der Waals surface area contributed by atoms with E-state index in [2.05, 4.69) is 21.0 Å². The van der Waals surface area contributed by atoms with Gasteiger partial charge in [0.05, 0.1) is 12.3 Å². The Labute approximate surface area is 111 Å². The molecule has 0 aliphatic carbocycles. The third-order valence-corrected chi connectivity index (χ3v) is 2.85. The molecule has 18 heavy (non-hydrogen) atoms. The van der Waals surface area contributed by atoms with Gasteiger partial charge in [-0.25, -0.2) is 4.79 Å². The Balaban J connectivity index is 2.37. The molecule has 0 unspecified atom stereocenters. The lowest BCUT2D eigenvalue weighted by molar-refractivity contribution is 0.0525. The van der Waals surface area contributed by atoms with E-state index in [9.17, 15) is 9.59 Å². The summed E-state index contributed by atoms with van der Waals surface area (Å²) in [6.45, 7) is 1.93. The van der Waals surface area contributed by atoms with Crippen molar-refractivity contribution in [3.8, 4) is 5.69 Å². The first-order valence-corrected chi connectivity index (χ1v) is 6.16. The first-order chi connectivity index (χ1) is 8.61. The molecule has 0 saturated carbocycles. The summed E-state index contributed by atoms with van der Waals surface area (Å²) in [5.74, 6) is -0.616. The number of aromatic amines is 1. The Morgan fingerprint density at radius 1 is 1.39 bits per heavy atom. The third-order valence-electron chi connectivity index (χ3n) is 2.32. The van der Waals surface area contributed by atoms with Gasteiger partial charge in [0.2, 0.25) is 0 Å². The molecule has 0 atom stereocenters. The van der Waals surface area contributed by atoms with Gasteiger partial charge in [-0.1, -0.05) is 15.9 Å². The minimum atomic E-state index is -0.616. The van der Waals surface area contributed by atoms with Crippen LogP contribution in [0.3, 0.4) is 0 Å². The molecule has 0 amide bonds. The number of ether oxygens (including phenoxy) is 1. The van der Waals surface area contributed by atoms with Crippen LogP contribution in [0.15, 0.2) is 39.7 Å². The zero-order valence-electron chi connectivity index (χ0n) is 9.64. The number of aromatic nitrogens is 2. The predicted octanol–water partition coefficient (Wildman–Crippen LogP) is 2.10. The number of nitrogens with zero attached hydrogens (tertiary/aromatic N) is 1. The molecule has 2 rings (SSSR count). The number of hydrogen-bond donors (Lipinski definition) is 1. The fourth-order valence-electron chi connectivity index (χ4n) is 1.48. The van der Waals surface area contributed by atoms with Crippen LogP contribution in [0.2, 0.25) is 0 Å². The van der Waals surface area contributed by atoms with E-state index in [0.29, 0.717) is 0 Å². The summed E-state index contributed by atoms with van der Waals surface area (Å²) >= 11 is 3.33. The van der Waals surface area contributed by atoms with E-state index in [1.54, 1.807) is 6.92 Å². The zero-order valence-corrected chi connectivity index (χ0v) is 11.2. The fourth-order valence-corrected chi connectivity index (χ4v) is 1.75. The zero-order chi connectivity index (χ0) is 13.1. The minimum absolute atomic E-state index is 0.000214. The van der Waals surface area contributed by atoms with Crippen LogP contribution >= 0.6 is 15.9 Å². The van der Waals surface area contributed by atoms with Crippen molar-refractivity contribution >= 4 is 21.9 Å². The van der Waals surface area contributed by atoms with Crippen LogP contribution in [0.1, 0.15) is 17.3 Å². The SMILES string of the molecule is CCOC(=O)c1cn(-c2ccc(Br)cc2)[nH]c1=O. The number of H-pyrrole nitrogens is 1. The Kier molecular flexibility index (Phi) is 3.66. The molecule has 1 heterocycles. The predicted molar refractivity (Wildman–Crippen MR) is 70.0 cm³/mol. The van der Waals surface area contributed by atoms with Gasteiger partial charge in [-0.3, -0.25) is 14.6 Å². The van der Waals surface area contributed by atoms with Crippen LogP contribution in [0.4, 0.5) is 0 Å². The Morgan fingerprint density at radius 2 is 2.06 bits per heavy atom. The van der Waals surface area contributed by atoms with Crippen LogP contribution < -0.4 is 5.56 Å². The van der Waals surface area contributed by atoms with E-state index >= 15 is 0 Å². The second kappa shape index (κ2) is 5.22. The molecule has 94 valence electrons. The highest BCUT2D eigenvalue weighted by Gasteiger charge is 2.14. The summed E-state index contributed by atoms with van der Waals surface area (Å²) in [6, 6.07) is 7.32. The molecule has 0 aliphatic heterocycles. The average Bonchev–Trinajstić information content (AvgIpc) is 2.72. The van der Waals surface area contributed by atoms with E-state index in [4.69, 9.17) is 4.74 Å². The maximum absolute atomic E-state index is 11.6. The van der Waals surface area contributed by atoms with E-state index in [1.807, 2.05) is 24.3 Å². The number of carbonyl (C=O) groups excluding carboxylic acids is 1. The van der Waals surface area contributed by atoms with E-state index < -0.39 is 11.5 Å². The summed E-state index contributed by atoms with van der Waals surface area (Å²) in [4.78, 5) is 23.1. The molecular formula is C12H11BrN2O3. The molecule has 0 radical (unpaired) electrons. The first-order valence-electron chi connectivity index (χ1n) is 5.36. The molecule has 1 aromatic heterocycles. The lowest BCUT2D eigenvalue weighted by atomic mass is 10.3. The number of carbonyl (C=O) groups is 1. The quantitative estimate of drug-likeness (QED) is 0.883. The largest absolute Gasteiger partial charge is 0.462 e. The van der Waals surface area contributed by atoms with Crippen molar-refractivity contribution in [1.29, 1.82) is 0 Å². The number of benzene rings is 1. The molecule has 5 nitrogen and oxygen atoms in total. The highest BCUT2D eigenvalue weighted by Crippen LogP contribution is 2.13. The summed E-state index contributed by atoms with van der Waals surface area (Å²) in [5, 5.41) is 2.56. The first kappa shape index (κ1) is 12.6. The minimum Gasteiger partial charge on any atom is -0.462 e. The summed E-state index contributed by atoms with van der Waals surface area (Å²) < 4.78 is 7.22. The Bertz CT molecular complexity index is 613. The molecule has 0 bridgehead atoms. The molecule has 1 N–H and O–H groups in total. The number of hydrogen-bond acceptors (Lipinski definition) is 3. The molecule has 0 fully saturated rings. The van der Waals surface area contributed by atoms with Crippen LogP contribution in [0, 0.1) is 0 Å². The smallest absolute Gasteiger partial charge is 0.345 e. The fraction of sp³-hybridized carbons (Fsp3) is 0.167. The van der Waals surface area contributed by atoms with Gasteiger partial charge in [-0.05, 0) is 31.2 Å². The van der Waals surface area contributed by atoms with Gasteiger partial charge in [0, 0.05) is 10.7 Å². The second-order valence-corrected chi connectivity index (χ2v) is 4.47. The number of nitrogens with one attached hydrogen (secondary N) is 1. The Morgan fingerprint density at radius 3 is 2.67 bits per heavy atom. The number of halogens is 1. The van der Waals surface area contributed by atoms with Crippen molar-refractivity contribution in [3.05, 3.63) is 50.9 Å². The molecule has 0 spiro atoms. The number of esters is 1. The molecule has 6 heteroatoms. The molecule has 1 aromatic carbocycles. The molecular weight excluding hydrogens is 300 g/mol. The van der Waals surface area contributed by atoms with Crippen LogP contribution in [-0.2, 0) is 4.74 Å². The van der Waals surface area contributed by atoms with Gasteiger partial charge in [0.1, 0.15) is 5.56 Å². The number of rotatable bonds is 3. The topological polar surface area (TPSA) is 64.1 Å². The maximum Gasteiger partial charge on any atom is 0.345 e. The van der Waals surface area contributed by atoms with Gasteiger partial charge in [-0.15, -0.1) is 0 Å². The highest BCUT2D eigenvalue weighted by molar-refractivity contribution is 9.10. The second-order valence-electron chi connectivity index (χ2n) is 3.55. The van der Waals surface area contributed by atoms with Crippen molar-refractivity contribution < 1.29 is 9.53 Å². The van der Waals surface area contributed by atoms with Gasteiger partial charge < -0.3 is 4.74 Å². The van der Waals surface area contributed by atoms with Crippen molar-refractivity contribution in [2.75, 3.05) is 6.61 Å². The molecule has 0 saturated heterocycles. The van der Waals surface area contributed by atoms with Gasteiger partial charge in [0.25, 0.3) is 5.56 Å². The van der Waals surface area contributed by atoms with Crippen molar-refractivity contribution in [1.82, 2.24) is 9.78 Å². The highest BCUT2D eigenvalue weighted by atomic mass is 79.9. The van der Waals surface area contributed by atoms with Crippen LogP contribution in [-0.4, -0.2) is 22.4 Å². The van der Waals surface area contributed by atoms with Gasteiger partial charge in [0.15, 0.2) is 0 Å². The summed E-state index contributed by atoms with van der Waals surface area (Å²) in [5.41, 5.74) is 0.294. The van der Waals surface area contributed by atoms with Crippen molar-refractivity contribution in [3.63, 3.8) is 0 Å². The molecule has 0 aliphatic rings. The lowest BCUT2D eigenvalue weighted by Gasteiger charge is -2.01. The van der Waals surface area contributed by atoms with E-state index in [-0.39, 0.29) is 12.2 Å². The summed E-state index contributed by atoms with van der Waals surface area (Å²) in [6.07, 6.45) is 1.43. The lowest BCUT2D eigenvalue weighted by Crippen LogP contribution is -2.14. The van der Waals surface area contributed by atoms with Crippen LogP contribution in [0.25, 0.3) is 5.69 Å². The maximum atomic E-state index is 11.6. The molecule has 2 aromatic rings. The van der Waals surface area contributed by atoms with Crippen molar-refractivity contribution in [2.24, 2.45) is 0 Å². The average molecular weight is 311 g/mol. The third kappa shape index (κ3) is 2.53. The normalized spacial score (nSPS) is 10.3. The summed E-state index contributed by atoms with van der Waals surface area (Å²) in [7, 11) is 0. The van der Waals surface area contributed by atoms with Crippen molar-refractivity contribution in [2.45, 2.75) is 6.92 Å². The standard InChI is InChI=1S/C12H11BrN2O3/c1-2-18-12(17)10-7-15(14-11(10)16)9-5-3-8(13)4-6-9/h3-7H,2H2,1H3,(H,14,16). The monoisotopic (exact) mass is 310 g/mol. The van der Waals surface area contributed by atoms with Gasteiger partial charge >= 0.3 is 5.97 Å². The van der Waals surface area contributed by atoms with E-state index in [1.165, 1.54) is 10.9 Å². The van der Waals surface area contributed by atoms with Crippen LogP contribution in [0.5, 0.6) is 0 Å². The van der Waals surface area contributed by atoms with E-state index in [0.717, 1.165) is 10.2 Å².